The lowest BCUT2D eigenvalue weighted by Crippen LogP contribution is -2.50. The fourth-order valence-electron chi connectivity index (χ4n) is 2.58. The summed E-state index contributed by atoms with van der Waals surface area (Å²) < 4.78 is 27.2. The Morgan fingerprint density at radius 1 is 1.42 bits per heavy atom. The summed E-state index contributed by atoms with van der Waals surface area (Å²) in [6, 6.07) is 0. The molecule has 5 N–H and O–H groups in total. The Bertz CT molecular complexity index is 905. The first kappa shape index (κ1) is 19.2. The largest absolute Gasteiger partial charge is 0.396 e. The highest BCUT2D eigenvalue weighted by atomic mass is 32.2. The number of nitrogen functional groups attached to an aromatic ring is 1. The van der Waals surface area contributed by atoms with Crippen LogP contribution in [0.1, 0.15) is 23.8 Å². The zero-order valence-electron chi connectivity index (χ0n) is 13.9. The van der Waals surface area contributed by atoms with Gasteiger partial charge in [0.05, 0.1) is 41.4 Å². The molecule has 0 unspecified atom stereocenters. The minimum atomic E-state index is -3.31. The maximum absolute atomic E-state index is 12.1. The van der Waals surface area contributed by atoms with Gasteiger partial charge in [0.2, 0.25) is 10.0 Å². The first-order valence-corrected chi connectivity index (χ1v) is 10.6. The minimum absolute atomic E-state index is 0.0493. The normalized spacial score (nSPS) is 21.5. The number of hydrogen-bond acceptors (Lipinski definition) is 8. The third kappa shape index (κ3) is 3.60. The third-order valence-corrected chi connectivity index (χ3v) is 8.14. The number of aliphatic hydroxyl groups is 2. The van der Waals surface area contributed by atoms with E-state index in [4.69, 9.17) is 5.73 Å². The number of thioether (sulfide) groups is 1. The molecule has 1 atom stereocenters. The summed E-state index contributed by atoms with van der Waals surface area (Å²) in [5, 5.41) is 18.3. The van der Waals surface area contributed by atoms with Gasteiger partial charge in [0.1, 0.15) is 5.82 Å². The van der Waals surface area contributed by atoms with Crippen LogP contribution in [0.4, 0.5) is 5.82 Å². The van der Waals surface area contributed by atoms with Gasteiger partial charge in [-0.25, -0.2) is 17.9 Å². The summed E-state index contributed by atoms with van der Waals surface area (Å²) in [4.78, 5) is 15.9. The van der Waals surface area contributed by atoms with Crippen LogP contribution in [0.2, 0.25) is 0 Å². The smallest absolute Gasteiger partial charge is 0.350 e. The number of rotatable bonds is 6. The van der Waals surface area contributed by atoms with Gasteiger partial charge in [-0.1, -0.05) is 11.8 Å². The number of aromatic nitrogens is 2. The Balaban J connectivity index is 1.79. The first-order chi connectivity index (χ1) is 12.3. The molecule has 0 radical (unpaired) electrons. The number of hydrogen-bond donors (Lipinski definition) is 4. The summed E-state index contributed by atoms with van der Waals surface area (Å²) in [5.41, 5.74) is 4.64. The van der Waals surface area contributed by atoms with E-state index in [9.17, 15) is 23.4 Å². The topological polar surface area (TPSA) is 148 Å². The predicted octanol–water partition coefficient (Wildman–Crippen LogP) is -1.52. The van der Waals surface area contributed by atoms with E-state index in [0.717, 1.165) is 0 Å². The van der Waals surface area contributed by atoms with Crippen molar-refractivity contribution >= 4 is 27.6 Å². The fourth-order valence-corrected chi connectivity index (χ4v) is 5.28. The van der Waals surface area contributed by atoms with E-state index >= 15 is 0 Å². The van der Waals surface area contributed by atoms with Crippen LogP contribution >= 0.6 is 11.8 Å². The Hall–Kier alpha value is -1.58. The van der Waals surface area contributed by atoms with E-state index < -0.39 is 26.5 Å². The van der Waals surface area contributed by atoms with E-state index in [0.29, 0.717) is 18.6 Å². The molecule has 9 nitrogen and oxygen atoms in total. The van der Waals surface area contributed by atoms with Gasteiger partial charge >= 0.3 is 5.69 Å². The van der Waals surface area contributed by atoms with Crippen molar-refractivity contribution in [3.63, 3.8) is 0 Å². The molecule has 2 fully saturated rings. The van der Waals surface area contributed by atoms with E-state index in [1.165, 1.54) is 22.5 Å². The summed E-state index contributed by atoms with van der Waals surface area (Å²) in [5.74, 6) is 5.86. The molecular formula is C15H20N4O5S2. The van der Waals surface area contributed by atoms with Crippen LogP contribution in [-0.4, -0.2) is 58.9 Å². The molecule has 2 heterocycles. The molecule has 3 rings (SSSR count). The van der Waals surface area contributed by atoms with Gasteiger partial charge in [-0.3, -0.25) is 4.57 Å². The van der Waals surface area contributed by atoms with E-state index in [2.05, 4.69) is 21.5 Å². The zero-order chi connectivity index (χ0) is 18.9. The SMILES string of the molecule is Nc1nc(=O)n([C@H]2SCC2(CO)CO)cc1C#CCNS(=O)(=O)C1CC1. The molecule has 1 aliphatic carbocycles. The highest BCUT2D eigenvalue weighted by Crippen LogP contribution is 2.52. The second-order valence-corrected chi connectivity index (χ2v) is 9.55. The molecule has 0 bridgehead atoms. The van der Waals surface area contributed by atoms with Crippen molar-refractivity contribution in [2.75, 3.05) is 31.2 Å². The third-order valence-electron chi connectivity index (χ3n) is 4.46. The Labute approximate surface area is 155 Å². The summed E-state index contributed by atoms with van der Waals surface area (Å²) in [6.07, 6.45) is 2.77. The molecule has 1 aromatic heterocycles. The van der Waals surface area contributed by atoms with Crippen molar-refractivity contribution in [1.82, 2.24) is 14.3 Å². The average Bonchev–Trinajstić information content (AvgIpc) is 3.41. The predicted molar refractivity (Wildman–Crippen MR) is 97.8 cm³/mol. The molecule has 0 amide bonds. The molecule has 1 saturated carbocycles. The lowest BCUT2D eigenvalue weighted by molar-refractivity contribution is 0.0418. The molecule has 1 saturated heterocycles. The van der Waals surface area contributed by atoms with Crippen molar-refractivity contribution in [3.8, 4) is 11.8 Å². The van der Waals surface area contributed by atoms with Crippen LogP contribution in [0.15, 0.2) is 11.0 Å². The molecule has 0 aromatic carbocycles. The minimum Gasteiger partial charge on any atom is -0.396 e. The van der Waals surface area contributed by atoms with Gasteiger partial charge in [0, 0.05) is 11.9 Å². The standard InChI is InChI=1S/C15H20N4O5S2/c16-12-10(2-1-5-17-26(23,24)11-3-4-11)6-19(14(22)18-12)13-15(7-20,8-21)9-25-13/h6,11,13,17,20-21H,3-5,7-9H2,(H2,16,18,22)/t13-/m0/s1. The highest BCUT2D eigenvalue weighted by Gasteiger charge is 2.48. The van der Waals surface area contributed by atoms with E-state index in [1.54, 1.807) is 0 Å². The molecule has 11 heteroatoms. The number of nitrogens with zero attached hydrogens (tertiary/aromatic N) is 2. The first-order valence-electron chi connectivity index (χ1n) is 8.02. The second-order valence-electron chi connectivity index (χ2n) is 6.44. The summed E-state index contributed by atoms with van der Waals surface area (Å²) in [6.45, 7) is -0.587. The van der Waals surface area contributed by atoms with Crippen LogP contribution in [0.5, 0.6) is 0 Å². The van der Waals surface area contributed by atoms with Crippen LogP contribution < -0.4 is 16.1 Å². The lowest BCUT2D eigenvalue weighted by Gasteiger charge is -2.46. The van der Waals surface area contributed by atoms with Crippen molar-refractivity contribution in [1.29, 1.82) is 0 Å². The number of nitrogens with two attached hydrogens (primary N) is 1. The van der Waals surface area contributed by atoms with Gasteiger partial charge in [0.15, 0.2) is 0 Å². The number of sulfonamides is 1. The molecule has 26 heavy (non-hydrogen) atoms. The molecular weight excluding hydrogens is 380 g/mol. The molecule has 0 spiro atoms. The fraction of sp³-hybridized carbons (Fsp3) is 0.600. The maximum Gasteiger partial charge on any atom is 0.350 e. The van der Waals surface area contributed by atoms with E-state index in [-0.39, 0.29) is 36.4 Å². The van der Waals surface area contributed by atoms with Crippen molar-refractivity contribution in [3.05, 3.63) is 22.2 Å². The van der Waals surface area contributed by atoms with Gasteiger partial charge in [0.25, 0.3) is 0 Å². The quantitative estimate of drug-likeness (QED) is 0.421. The number of anilines is 1. The lowest BCUT2D eigenvalue weighted by atomic mass is 9.90. The monoisotopic (exact) mass is 400 g/mol. The number of nitrogens with one attached hydrogen (secondary N) is 1. The molecule has 2 aliphatic rings. The van der Waals surface area contributed by atoms with Gasteiger partial charge in [-0.15, -0.1) is 11.8 Å². The van der Waals surface area contributed by atoms with Gasteiger partial charge in [-0.2, -0.15) is 4.98 Å². The highest BCUT2D eigenvalue weighted by molar-refractivity contribution is 8.00. The van der Waals surface area contributed by atoms with Crippen molar-refractivity contribution in [2.24, 2.45) is 5.41 Å². The Morgan fingerprint density at radius 2 is 2.12 bits per heavy atom. The number of aliphatic hydroxyl groups excluding tert-OH is 2. The van der Waals surface area contributed by atoms with Gasteiger partial charge in [-0.05, 0) is 12.8 Å². The summed E-state index contributed by atoms with van der Waals surface area (Å²) >= 11 is 1.41. The van der Waals surface area contributed by atoms with Crippen LogP contribution in [0.25, 0.3) is 0 Å². The Kier molecular flexibility index (Phi) is 5.32. The van der Waals surface area contributed by atoms with Crippen LogP contribution in [0, 0.1) is 17.3 Å². The summed E-state index contributed by atoms with van der Waals surface area (Å²) in [7, 11) is -3.31. The van der Waals surface area contributed by atoms with Gasteiger partial charge < -0.3 is 15.9 Å². The second kappa shape index (κ2) is 7.21. The van der Waals surface area contributed by atoms with Crippen LogP contribution in [-0.2, 0) is 10.0 Å². The molecule has 142 valence electrons. The molecule has 1 aromatic rings. The maximum atomic E-state index is 12.1. The zero-order valence-corrected chi connectivity index (χ0v) is 15.5. The van der Waals surface area contributed by atoms with Crippen molar-refractivity contribution in [2.45, 2.75) is 23.5 Å². The van der Waals surface area contributed by atoms with Crippen molar-refractivity contribution < 1.29 is 18.6 Å². The molecule has 1 aliphatic heterocycles. The average molecular weight is 400 g/mol. The van der Waals surface area contributed by atoms with Crippen LogP contribution in [0.3, 0.4) is 0 Å². The van der Waals surface area contributed by atoms with E-state index in [1.807, 2.05) is 0 Å². The Morgan fingerprint density at radius 3 is 2.65 bits per heavy atom.